The van der Waals surface area contributed by atoms with Crippen molar-refractivity contribution in [1.29, 1.82) is 0 Å². The topological polar surface area (TPSA) is 35.0 Å². The fourth-order valence-corrected chi connectivity index (χ4v) is 2.23. The van der Waals surface area contributed by atoms with Gasteiger partial charge in [-0.1, -0.05) is 25.4 Å². The van der Waals surface area contributed by atoms with E-state index in [2.05, 4.69) is 23.8 Å². The molecule has 0 aliphatic rings. The Kier molecular flexibility index (Phi) is 4.29. The number of benzene rings is 1. The molecule has 0 bridgehead atoms. The van der Waals surface area contributed by atoms with E-state index in [1.165, 1.54) is 0 Å². The van der Waals surface area contributed by atoms with Crippen molar-refractivity contribution in [2.24, 2.45) is 0 Å². The van der Waals surface area contributed by atoms with Crippen LogP contribution in [0.3, 0.4) is 0 Å². The van der Waals surface area contributed by atoms with E-state index in [-0.39, 0.29) is 5.92 Å². The number of rotatable bonds is 3. The second kappa shape index (κ2) is 5.80. The molecule has 0 fully saturated rings. The van der Waals surface area contributed by atoms with Gasteiger partial charge in [-0.2, -0.15) is 0 Å². The van der Waals surface area contributed by atoms with Crippen LogP contribution in [0.1, 0.15) is 36.7 Å². The summed E-state index contributed by atoms with van der Waals surface area (Å²) in [4.78, 5) is 9.03. The molecular formula is C16H19ClN2O. The van der Waals surface area contributed by atoms with Crippen molar-refractivity contribution in [1.82, 2.24) is 9.97 Å². The number of aryl methyl sites for hydroxylation is 1. The summed E-state index contributed by atoms with van der Waals surface area (Å²) in [6, 6.07) is 5.95. The predicted octanol–water partition coefficient (Wildman–Crippen LogP) is 4.55. The molecule has 0 amide bonds. The van der Waals surface area contributed by atoms with Crippen LogP contribution in [-0.2, 0) is 0 Å². The summed E-state index contributed by atoms with van der Waals surface area (Å²) in [6.07, 6.45) is 0. The van der Waals surface area contributed by atoms with Gasteiger partial charge in [0.2, 0.25) is 0 Å². The number of ether oxygens (including phenoxy) is 1. The van der Waals surface area contributed by atoms with Gasteiger partial charge in [0.1, 0.15) is 16.7 Å². The van der Waals surface area contributed by atoms with Gasteiger partial charge >= 0.3 is 0 Å². The number of methoxy groups -OCH3 is 1. The van der Waals surface area contributed by atoms with Crippen LogP contribution in [-0.4, -0.2) is 17.1 Å². The van der Waals surface area contributed by atoms with Crippen molar-refractivity contribution < 1.29 is 4.74 Å². The number of hydrogen-bond donors (Lipinski definition) is 0. The normalized spacial score (nSPS) is 10.9. The second-order valence-corrected chi connectivity index (χ2v) is 5.54. The maximum absolute atomic E-state index is 6.25. The van der Waals surface area contributed by atoms with E-state index in [4.69, 9.17) is 16.3 Å². The van der Waals surface area contributed by atoms with Gasteiger partial charge in [0.15, 0.2) is 0 Å². The van der Waals surface area contributed by atoms with Crippen LogP contribution in [0.2, 0.25) is 5.15 Å². The van der Waals surface area contributed by atoms with E-state index in [1.54, 1.807) is 7.11 Å². The Morgan fingerprint density at radius 2 is 1.85 bits per heavy atom. The van der Waals surface area contributed by atoms with Crippen LogP contribution < -0.4 is 4.74 Å². The third-order valence-electron chi connectivity index (χ3n) is 3.31. The summed E-state index contributed by atoms with van der Waals surface area (Å²) in [6.45, 7) is 8.12. The first-order valence-electron chi connectivity index (χ1n) is 6.63. The molecule has 3 nitrogen and oxygen atoms in total. The largest absolute Gasteiger partial charge is 0.497 e. The quantitative estimate of drug-likeness (QED) is 0.778. The average Bonchev–Trinajstić information content (AvgIpc) is 2.41. The van der Waals surface area contributed by atoms with Gasteiger partial charge in [0.05, 0.1) is 12.8 Å². The molecule has 1 aromatic carbocycles. The Labute approximate surface area is 125 Å². The fraction of sp³-hybridized carbons (Fsp3) is 0.375. The van der Waals surface area contributed by atoms with E-state index in [0.29, 0.717) is 5.15 Å². The van der Waals surface area contributed by atoms with Gasteiger partial charge < -0.3 is 4.74 Å². The molecule has 0 aliphatic carbocycles. The van der Waals surface area contributed by atoms with Crippen LogP contribution >= 0.6 is 11.6 Å². The van der Waals surface area contributed by atoms with Gasteiger partial charge in [-0.05, 0) is 37.6 Å². The van der Waals surface area contributed by atoms with Crippen molar-refractivity contribution in [3.8, 4) is 17.0 Å². The first-order chi connectivity index (χ1) is 9.43. The molecule has 0 saturated heterocycles. The smallest absolute Gasteiger partial charge is 0.136 e. The number of aromatic nitrogens is 2. The molecule has 0 spiro atoms. The fourth-order valence-electron chi connectivity index (χ4n) is 2.05. The number of hydrogen-bond acceptors (Lipinski definition) is 3. The van der Waals surface area contributed by atoms with Crippen molar-refractivity contribution >= 4 is 11.6 Å². The SMILES string of the molecule is COc1ccc(-c2nc(C(C)C)nc(Cl)c2C)c(C)c1. The van der Waals surface area contributed by atoms with E-state index in [9.17, 15) is 0 Å². The van der Waals surface area contributed by atoms with E-state index < -0.39 is 0 Å². The van der Waals surface area contributed by atoms with Crippen LogP contribution in [0.25, 0.3) is 11.3 Å². The molecule has 1 heterocycles. The van der Waals surface area contributed by atoms with Crippen LogP contribution in [0.15, 0.2) is 18.2 Å². The highest BCUT2D eigenvalue weighted by molar-refractivity contribution is 6.30. The van der Waals surface area contributed by atoms with Crippen molar-refractivity contribution in [3.05, 3.63) is 40.3 Å². The van der Waals surface area contributed by atoms with Crippen molar-refractivity contribution in [3.63, 3.8) is 0 Å². The predicted molar refractivity (Wildman–Crippen MR) is 82.6 cm³/mol. The summed E-state index contributed by atoms with van der Waals surface area (Å²) in [5, 5.41) is 0.522. The standard InChI is InChI=1S/C16H19ClN2O/c1-9(2)16-18-14(11(4)15(17)19-16)13-7-6-12(20-5)8-10(13)3/h6-9H,1-5H3. The zero-order valence-corrected chi connectivity index (χ0v) is 13.2. The van der Waals surface area contributed by atoms with Gasteiger partial charge in [-0.25, -0.2) is 9.97 Å². The van der Waals surface area contributed by atoms with Crippen LogP contribution in [0, 0.1) is 13.8 Å². The second-order valence-electron chi connectivity index (χ2n) is 5.18. The molecule has 106 valence electrons. The molecule has 1 aromatic heterocycles. The molecule has 2 aromatic rings. The Morgan fingerprint density at radius 1 is 1.15 bits per heavy atom. The van der Waals surface area contributed by atoms with Crippen molar-refractivity contribution in [2.45, 2.75) is 33.6 Å². The maximum atomic E-state index is 6.25. The first kappa shape index (κ1) is 14.8. The summed E-state index contributed by atoms with van der Waals surface area (Å²) < 4.78 is 5.24. The number of nitrogens with zero attached hydrogens (tertiary/aromatic N) is 2. The van der Waals surface area contributed by atoms with Crippen LogP contribution in [0.5, 0.6) is 5.75 Å². The average molecular weight is 291 g/mol. The summed E-state index contributed by atoms with van der Waals surface area (Å²) in [7, 11) is 1.66. The zero-order valence-electron chi connectivity index (χ0n) is 12.5. The lowest BCUT2D eigenvalue weighted by molar-refractivity contribution is 0.414. The van der Waals surface area contributed by atoms with Gasteiger partial charge in [-0.15, -0.1) is 0 Å². The highest BCUT2D eigenvalue weighted by atomic mass is 35.5. The zero-order chi connectivity index (χ0) is 14.9. The third-order valence-corrected chi connectivity index (χ3v) is 3.68. The summed E-state index contributed by atoms with van der Waals surface area (Å²) >= 11 is 6.25. The monoisotopic (exact) mass is 290 g/mol. The summed E-state index contributed by atoms with van der Waals surface area (Å²) in [5.74, 6) is 1.85. The van der Waals surface area contributed by atoms with Crippen molar-refractivity contribution in [2.75, 3.05) is 7.11 Å². The minimum atomic E-state index is 0.241. The molecule has 0 saturated carbocycles. The highest BCUT2D eigenvalue weighted by Crippen LogP contribution is 2.31. The third kappa shape index (κ3) is 2.78. The van der Waals surface area contributed by atoms with E-state index in [0.717, 1.165) is 34.0 Å². The minimum absolute atomic E-state index is 0.241. The number of halogens is 1. The molecule has 0 atom stereocenters. The molecule has 0 N–H and O–H groups in total. The highest BCUT2D eigenvalue weighted by Gasteiger charge is 2.15. The molecule has 0 radical (unpaired) electrons. The van der Waals surface area contributed by atoms with E-state index in [1.807, 2.05) is 32.0 Å². The lowest BCUT2D eigenvalue weighted by Gasteiger charge is -2.13. The molecule has 2 rings (SSSR count). The minimum Gasteiger partial charge on any atom is -0.497 e. The Balaban J connectivity index is 2.62. The van der Waals surface area contributed by atoms with Crippen LogP contribution in [0.4, 0.5) is 0 Å². The lowest BCUT2D eigenvalue weighted by Crippen LogP contribution is -2.03. The lowest BCUT2D eigenvalue weighted by atomic mass is 10.0. The Bertz CT molecular complexity index is 639. The van der Waals surface area contributed by atoms with E-state index >= 15 is 0 Å². The maximum Gasteiger partial charge on any atom is 0.136 e. The summed E-state index contributed by atoms with van der Waals surface area (Å²) in [5.41, 5.74) is 3.98. The molecule has 20 heavy (non-hydrogen) atoms. The molecular weight excluding hydrogens is 272 g/mol. The Morgan fingerprint density at radius 3 is 2.40 bits per heavy atom. The van der Waals surface area contributed by atoms with Gasteiger partial charge in [-0.3, -0.25) is 0 Å². The molecule has 0 aliphatic heterocycles. The molecule has 0 unspecified atom stereocenters. The van der Waals surface area contributed by atoms with Gasteiger partial charge in [0, 0.05) is 17.0 Å². The van der Waals surface area contributed by atoms with Gasteiger partial charge in [0.25, 0.3) is 0 Å². The molecule has 4 heteroatoms. The first-order valence-corrected chi connectivity index (χ1v) is 7.01. The Hall–Kier alpha value is -1.61.